The van der Waals surface area contributed by atoms with Crippen LogP contribution >= 0.6 is 23.5 Å². The monoisotopic (exact) mass is 1180 g/mol. The third-order valence-corrected chi connectivity index (χ3v) is 15.6. The van der Waals surface area contributed by atoms with Gasteiger partial charge in [0.25, 0.3) is 11.1 Å². The highest BCUT2D eigenvalue weighted by Crippen LogP contribution is 2.54. The third kappa shape index (κ3) is 12.2. The summed E-state index contributed by atoms with van der Waals surface area (Å²) in [6.07, 6.45) is -13.5. The molecule has 10 heterocycles. The first-order chi connectivity index (χ1) is 37.4. The molecule has 6 aromatic rings. The lowest BCUT2D eigenvalue weighted by Gasteiger charge is -2.25. The molecular formula is C36H47N18O22P3. The minimum absolute atomic E-state index is 0.00159. The fraction of sp³-hybridized carbons (Fsp3) is 0.556. The molecule has 0 amide bonds. The number of nitrogens with two attached hydrogens (primary N) is 4. The van der Waals surface area contributed by atoms with Gasteiger partial charge in [0, 0.05) is 25.7 Å². The number of nitrogen functional groups attached to an aromatic ring is 4. The van der Waals surface area contributed by atoms with Gasteiger partial charge in [0.1, 0.15) is 80.3 Å². The molecule has 40 nitrogen and oxygen atoms in total. The summed E-state index contributed by atoms with van der Waals surface area (Å²) < 4.78 is 101. The number of hydrogen-bond acceptors (Lipinski definition) is 31. The van der Waals surface area contributed by atoms with E-state index in [1.807, 2.05) is 0 Å². The lowest BCUT2D eigenvalue weighted by molar-refractivity contribution is -0.0632. The fourth-order valence-corrected chi connectivity index (χ4v) is 11.8. The number of phosphoric acid groups is 3. The number of rotatable bonds is 20. The number of aromatic amines is 2. The molecule has 15 atom stereocenters. The zero-order chi connectivity index (χ0) is 56.3. The molecule has 0 spiro atoms. The predicted molar refractivity (Wildman–Crippen MR) is 256 cm³/mol. The standard InChI is InChI=1S/C36H47N18O22P3/c37-31-43-11-53(35(59)49-31)21-1-13(56)18(71-21)6-67-77(61,62)75-15-3-23(52-10-42-26-28(52)46-34(40)48-30(26)58)72-19(15)7-69-79(65,66)76-16-4-24(54-12-44-32(38)50-36(54)60)73-20(16)8-68-78(63,64)74-14-2-22(70-17(14)5-55)51-9-41-25-27(51)45-33(39)47-29(25)57/h9-24,55-56H,1-8H2,(H,61,62)(H,63,64)(H,65,66)(H2,37,49,59)(H2,38,50,60)(H3,39,45,47,57)(H3,40,46,48,58)/t13-,14-,15-,16-,17-,18-,19-,20-,21-,22-,23-,24-/m1/s1. The molecule has 0 aromatic carbocycles. The van der Waals surface area contributed by atoms with E-state index < -0.39 is 159 Å². The van der Waals surface area contributed by atoms with Gasteiger partial charge >= 0.3 is 34.8 Å². The Kier molecular flexibility index (Phi) is 15.5. The quantitative estimate of drug-likeness (QED) is 0.0324. The number of phosphoric ester groups is 3. The molecular weight excluding hydrogens is 1130 g/mol. The van der Waals surface area contributed by atoms with Gasteiger partial charge in [-0.1, -0.05) is 0 Å². The summed E-state index contributed by atoms with van der Waals surface area (Å²) in [5.41, 5.74) is 18.9. The molecule has 6 aromatic heterocycles. The first-order valence-electron chi connectivity index (χ1n) is 23.2. The highest BCUT2D eigenvalue weighted by atomic mass is 31.2. The second-order valence-corrected chi connectivity index (χ2v) is 22.0. The molecule has 4 aliphatic rings. The Morgan fingerprint density at radius 3 is 1.30 bits per heavy atom. The molecule has 15 N–H and O–H groups in total. The lowest BCUT2D eigenvalue weighted by Crippen LogP contribution is -2.31. The van der Waals surface area contributed by atoms with Gasteiger partial charge in [-0.2, -0.15) is 19.9 Å². The molecule has 4 aliphatic heterocycles. The maximum Gasteiger partial charge on any atom is 0.472 e. The van der Waals surface area contributed by atoms with Gasteiger partial charge in [0.2, 0.25) is 23.8 Å². The van der Waals surface area contributed by atoms with Crippen LogP contribution in [0.4, 0.5) is 23.8 Å². The number of nitrogens with zero attached hydrogens (tertiary/aromatic N) is 12. The van der Waals surface area contributed by atoms with E-state index >= 15 is 0 Å². The molecule has 0 radical (unpaired) electrons. The van der Waals surface area contributed by atoms with E-state index in [0.29, 0.717) is 0 Å². The number of aromatic nitrogens is 14. The summed E-state index contributed by atoms with van der Waals surface area (Å²) >= 11 is 0. The van der Waals surface area contributed by atoms with Gasteiger partial charge in [-0.05, 0) is 0 Å². The van der Waals surface area contributed by atoms with Crippen molar-refractivity contribution in [3.05, 3.63) is 67.0 Å². The van der Waals surface area contributed by atoms with Crippen molar-refractivity contribution >= 4 is 69.6 Å². The number of aliphatic hydroxyl groups excluding tert-OH is 2. The maximum absolute atomic E-state index is 13.9. The van der Waals surface area contributed by atoms with Crippen LogP contribution in [0.1, 0.15) is 50.6 Å². The van der Waals surface area contributed by atoms with Crippen molar-refractivity contribution in [2.45, 2.75) is 99.4 Å². The van der Waals surface area contributed by atoms with Crippen molar-refractivity contribution in [2.75, 3.05) is 49.4 Å². The third-order valence-electron chi connectivity index (χ3n) is 12.6. The van der Waals surface area contributed by atoms with Crippen LogP contribution in [0, 0.1) is 0 Å². The summed E-state index contributed by atoms with van der Waals surface area (Å²) in [6, 6.07) is 0. The molecule has 4 saturated heterocycles. The lowest BCUT2D eigenvalue weighted by atomic mass is 10.2. The number of imidazole rings is 2. The summed E-state index contributed by atoms with van der Waals surface area (Å²) in [4.78, 5) is 119. The average Bonchev–Trinajstić information content (AvgIpc) is 4.40. The van der Waals surface area contributed by atoms with Crippen LogP contribution in [0.3, 0.4) is 0 Å². The van der Waals surface area contributed by atoms with Crippen molar-refractivity contribution in [1.82, 2.24) is 68.1 Å². The summed E-state index contributed by atoms with van der Waals surface area (Å²) in [6.45, 7) is -3.44. The van der Waals surface area contributed by atoms with Gasteiger partial charge in [0.05, 0.1) is 45.2 Å². The Hall–Kier alpha value is -6.39. The number of ether oxygens (including phenoxy) is 4. The number of hydrogen-bond donors (Lipinski definition) is 11. The number of H-pyrrole nitrogens is 2. The minimum atomic E-state index is -5.41. The number of anilines is 4. The summed E-state index contributed by atoms with van der Waals surface area (Å²) in [5, 5.41) is 20.8. The van der Waals surface area contributed by atoms with E-state index in [4.69, 9.17) is 69.0 Å². The van der Waals surface area contributed by atoms with Crippen LogP contribution < -0.4 is 45.4 Å². The van der Waals surface area contributed by atoms with E-state index in [-0.39, 0.29) is 59.4 Å². The SMILES string of the molecule is Nc1ncn([C@H]2C[C@@H](O)[C@@H](COP(=O)(O)O[C@@H]3C[C@H](n4cnc5c(=O)[nH]c(N)nc54)O[C@@H]3COP(=O)(O)O[C@@H]3C[C@H](n4cnc(N)nc4=O)O[C@@H]3COP(=O)(O)O[C@@H]3C[C@H](n4cnc5c(=O)[nH]c(N)nc54)O[C@@H]3CO)O2)c(=O)n1. The van der Waals surface area contributed by atoms with Crippen LogP contribution in [0.25, 0.3) is 22.3 Å². The topological polar surface area (TPSA) is 571 Å². The van der Waals surface area contributed by atoms with Crippen LogP contribution in [-0.2, 0) is 59.8 Å². The fourth-order valence-electron chi connectivity index (χ4n) is 8.97. The van der Waals surface area contributed by atoms with Gasteiger partial charge in [0.15, 0.2) is 22.3 Å². The molecule has 0 saturated carbocycles. The smallest absolute Gasteiger partial charge is 0.394 e. The van der Waals surface area contributed by atoms with Gasteiger partial charge in [-0.25, -0.2) is 43.2 Å². The zero-order valence-electron chi connectivity index (χ0n) is 40.1. The van der Waals surface area contributed by atoms with E-state index in [9.17, 15) is 57.8 Å². The molecule has 0 aliphatic carbocycles. The van der Waals surface area contributed by atoms with Gasteiger partial charge in [-0.15, -0.1) is 0 Å². The number of aliphatic hydroxyl groups is 2. The number of fused-ring (bicyclic) bond motifs is 2. The molecule has 79 heavy (non-hydrogen) atoms. The Balaban J connectivity index is 0.829. The van der Waals surface area contributed by atoms with Crippen molar-refractivity contribution in [3.8, 4) is 0 Å². The van der Waals surface area contributed by atoms with E-state index in [1.54, 1.807) is 0 Å². The van der Waals surface area contributed by atoms with Crippen molar-refractivity contribution in [3.63, 3.8) is 0 Å². The van der Waals surface area contributed by atoms with E-state index in [0.717, 1.165) is 28.1 Å². The van der Waals surface area contributed by atoms with Crippen molar-refractivity contribution in [2.24, 2.45) is 0 Å². The largest absolute Gasteiger partial charge is 0.472 e. The van der Waals surface area contributed by atoms with E-state index in [2.05, 4.69) is 49.8 Å². The van der Waals surface area contributed by atoms with Crippen LogP contribution in [-0.4, -0.2) is 168 Å². The van der Waals surface area contributed by atoms with Crippen LogP contribution in [0.2, 0.25) is 0 Å². The van der Waals surface area contributed by atoms with E-state index in [1.165, 1.54) is 15.5 Å². The molecule has 0 bridgehead atoms. The summed E-state index contributed by atoms with van der Waals surface area (Å²) in [7, 11) is -15.8. The molecule has 43 heteroatoms. The van der Waals surface area contributed by atoms with Crippen molar-refractivity contribution < 1.29 is 84.7 Å². The molecule has 4 fully saturated rings. The molecule has 10 rings (SSSR count). The highest BCUT2D eigenvalue weighted by molar-refractivity contribution is 7.48. The first-order valence-corrected chi connectivity index (χ1v) is 27.6. The second kappa shape index (κ2) is 21.9. The maximum atomic E-state index is 13.9. The van der Waals surface area contributed by atoms with Gasteiger partial charge < -0.3 is 66.8 Å². The zero-order valence-corrected chi connectivity index (χ0v) is 42.8. The first kappa shape index (κ1) is 55.9. The average molecular weight is 1180 g/mol. The molecule has 428 valence electrons. The normalized spacial score (nSPS) is 29.5. The minimum Gasteiger partial charge on any atom is -0.394 e. The summed E-state index contributed by atoms with van der Waals surface area (Å²) in [5.74, 6) is -1.28. The van der Waals surface area contributed by atoms with Crippen LogP contribution in [0.15, 0.2) is 44.5 Å². The Labute approximate surface area is 437 Å². The second-order valence-electron chi connectivity index (χ2n) is 17.8. The Bertz CT molecular complexity index is 3650. The Morgan fingerprint density at radius 1 is 0.532 bits per heavy atom. The van der Waals surface area contributed by atoms with Crippen molar-refractivity contribution in [1.29, 1.82) is 0 Å². The number of nitrogens with one attached hydrogen (secondary N) is 2. The highest BCUT2D eigenvalue weighted by Gasteiger charge is 2.48. The van der Waals surface area contributed by atoms with Crippen LogP contribution in [0.5, 0.6) is 0 Å². The molecule has 3 unspecified atom stereocenters. The predicted octanol–water partition coefficient (Wildman–Crippen LogP) is -4.10. The Morgan fingerprint density at radius 2 is 0.886 bits per heavy atom. The van der Waals surface area contributed by atoms with Gasteiger partial charge in [-0.3, -0.25) is 65.0 Å².